The van der Waals surface area contributed by atoms with Gasteiger partial charge in [0.05, 0.1) is 27.0 Å². The van der Waals surface area contributed by atoms with Gasteiger partial charge in [0.15, 0.2) is 11.5 Å². The standard InChI is InChI=1S/C22H21NO4/c1-25-18-12-17-20(22(27-3)21(18)26-2)16(11-19(24)23-17)15-10-6-8-13-7-4-5-9-14(13)15/h4-10,12,16H,11H2,1-3H3,(H,23,24). The van der Waals surface area contributed by atoms with E-state index >= 15 is 0 Å². The van der Waals surface area contributed by atoms with E-state index in [9.17, 15) is 4.79 Å². The van der Waals surface area contributed by atoms with Gasteiger partial charge in [-0.2, -0.15) is 0 Å². The van der Waals surface area contributed by atoms with E-state index in [2.05, 4.69) is 29.6 Å². The van der Waals surface area contributed by atoms with Crippen molar-refractivity contribution in [3.8, 4) is 17.2 Å². The number of anilines is 1. The number of ether oxygens (including phenoxy) is 3. The summed E-state index contributed by atoms with van der Waals surface area (Å²) in [4.78, 5) is 12.5. The minimum Gasteiger partial charge on any atom is -0.493 e. The SMILES string of the molecule is COc1cc2c(c(OC)c1OC)C(c1cccc3ccccc13)CC(=O)N2. The van der Waals surface area contributed by atoms with Crippen LogP contribution in [0, 0.1) is 0 Å². The Bertz CT molecular complexity index is 1020. The Balaban J connectivity index is 2.01. The second-order valence-electron chi connectivity index (χ2n) is 6.48. The molecular weight excluding hydrogens is 342 g/mol. The molecule has 27 heavy (non-hydrogen) atoms. The summed E-state index contributed by atoms with van der Waals surface area (Å²) in [5.74, 6) is 1.46. The van der Waals surface area contributed by atoms with Crippen LogP contribution in [0.1, 0.15) is 23.5 Å². The van der Waals surface area contributed by atoms with Crippen molar-refractivity contribution in [3.63, 3.8) is 0 Å². The third-order valence-electron chi connectivity index (χ3n) is 5.08. The maximum absolute atomic E-state index is 12.5. The number of rotatable bonds is 4. The molecule has 0 radical (unpaired) electrons. The molecule has 0 saturated heterocycles. The minimum atomic E-state index is -0.144. The zero-order valence-corrected chi connectivity index (χ0v) is 15.5. The summed E-state index contributed by atoms with van der Waals surface area (Å²) in [6.45, 7) is 0. The first-order valence-electron chi connectivity index (χ1n) is 8.78. The highest BCUT2D eigenvalue weighted by molar-refractivity contribution is 5.98. The number of fused-ring (bicyclic) bond motifs is 2. The van der Waals surface area contributed by atoms with Crippen LogP contribution in [0.15, 0.2) is 48.5 Å². The fourth-order valence-corrected chi connectivity index (χ4v) is 3.94. The Hall–Kier alpha value is -3.21. The summed E-state index contributed by atoms with van der Waals surface area (Å²) in [5.41, 5.74) is 2.69. The lowest BCUT2D eigenvalue weighted by molar-refractivity contribution is -0.116. The molecule has 1 aliphatic rings. The van der Waals surface area contributed by atoms with Crippen LogP contribution in [0.25, 0.3) is 10.8 Å². The average molecular weight is 363 g/mol. The van der Waals surface area contributed by atoms with Crippen LogP contribution in [0.5, 0.6) is 17.2 Å². The van der Waals surface area contributed by atoms with E-state index in [1.54, 1.807) is 27.4 Å². The van der Waals surface area contributed by atoms with E-state index in [0.29, 0.717) is 29.4 Å². The molecule has 1 amide bonds. The van der Waals surface area contributed by atoms with E-state index < -0.39 is 0 Å². The Morgan fingerprint density at radius 1 is 0.926 bits per heavy atom. The third-order valence-corrected chi connectivity index (χ3v) is 5.08. The van der Waals surface area contributed by atoms with Crippen molar-refractivity contribution < 1.29 is 19.0 Å². The number of amides is 1. The van der Waals surface area contributed by atoms with Crippen LogP contribution < -0.4 is 19.5 Å². The molecule has 1 heterocycles. The molecule has 0 aliphatic carbocycles. The van der Waals surface area contributed by atoms with E-state index in [4.69, 9.17) is 14.2 Å². The molecule has 3 aromatic carbocycles. The summed E-state index contributed by atoms with van der Waals surface area (Å²) in [5, 5.41) is 5.22. The summed E-state index contributed by atoms with van der Waals surface area (Å²) in [7, 11) is 4.76. The highest BCUT2D eigenvalue weighted by atomic mass is 16.5. The van der Waals surface area contributed by atoms with Gasteiger partial charge >= 0.3 is 0 Å². The van der Waals surface area contributed by atoms with Crippen molar-refractivity contribution in [2.45, 2.75) is 12.3 Å². The van der Waals surface area contributed by atoms with Gasteiger partial charge in [-0.25, -0.2) is 0 Å². The zero-order valence-electron chi connectivity index (χ0n) is 15.5. The second kappa shape index (κ2) is 6.83. The van der Waals surface area contributed by atoms with Gasteiger partial charge in [-0.3, -0.25) is 4.79 Å². The molecule has 0 spiro atoms. The first-order chi connectivity index (χ1) is 13.2. The number of carbonyl (C=O) groups is 1. The average Bonchev–Trinajstić information content (AvgIpc) is 2.71. The summed E-state index contributed by atoms with van der Waals surface area (Å²) < 4.78 is 16.7. The predicted molar refractivity (Wildman–Crippen MR) is 105 cm³/mol. The van der Waals surface area contributed by atoms with Gasteiger partial charge in [0.25, 0.3) is 0 Å². The van der Waals surface area contributed by atoms with Gasteiger partial charge in [-0.15, -0.1) is 0 Å². The molecule has 0 aromatic heterocycles. The van der Waals surface area contributed by atoms with Gasteiger partial charge < -0.3 is 19.5 Å². The zero-order chi connectivity index (χ0) is 19.0. The highest BCUT2D eigenvalue weighted by Gasteiger charge is 2.34. The molecule has 5 heteroatoms. The number of nitrogens with one attached hydrogen (secondary N) is 1. The molecule has 0 bridgehead atoms. The minimum absolute atomic E-state index is 0.0327. The molecule has 1 atom stereocenters. The third kappa shape index (κ3) is 2.76. The van der Waals surface area contributed by atoms with Gasteiger partial charge in [-0.05, 0) is 16.3 Å². The number of carbonyl (C=O) groups excluding carboxylic acids is 1. The van der Waals surface area contributed by atoms with Crippen molar-refractivity contribution in [1.82, 2.24) is 0 Å². The summed E-state index contributed by atoms with van der Waals surface area (Å²) in [6.07, 6.45) is 0.340. The number of methoxy groups -OCH3 is 3. The Morgan fingerprint density at radius 3 is 2.41 bits per heavy atom. The van der Waals surface area contributed by atoms with Crippen LogP contribution in [0.4, 0.5) is 5.69 Å². The molecule has 0 saturated carbocycles. The molecule has 3 aromatic rings. The Morgan fingerprint density at radius 2 is 1.67 bits per heavy atom. The molecule has 5 nitrogen and oxygen atoms in total. The van der Waals surface area contributed by atoms with Crippen molar-refractivity contribution in [2.75, 3.05) is 26.6 Å². The van der Waals surface area contributed by atoms with Gasteiger partial charge in [0, 0.05) is 24.0 Å². The quantitative estimate of drug-likeness (QED) is 0.749. The monoisotopic (exact) mass is 363 g/mol. The maximum Gasteiger partial charge on any atom is 0.225 e. The molecule has 1 N–H and O–H groups in total. The predicted octanol–water partition coefficient (Wildman–Crippen LogP) is 4.34. The topological polar surface area (TPSA) is 56.8 Å². The highest BCUT2D eigenvalue weighted by Crippen LogP contribution is 2.51. The lowest BCUT2D eigenvalue weighted by atomic mass is 9.81. The lowest BCUT2D eigenvalue weighted by Crippen LogP contribution is -2.24. The van der Waals surface area contributed by atoms with Gasteiger partial charge in [0.1, 0.15) is 0 Å². The van der Waals surface area contributed by atoms with E-state index in [1.807, 2.05) is 18.2 Å². The first-order valence-corrected chi connectivity index (χ1v) is 8.78. The first kappa shape index (κ1) is 17.2. The molecule has 0 fully saturated rings. The van der Waals surface area contributed by atoms with E-state index in [0.717, 1.165) is 21.9 Å². The maximum atomic E-state index is 12.5. The number of hydrogen-bond donors (Lipinski definition) is 1. The molecule has 138 valence electrons. The number of benzene rings is 3. The van der Waals surface area contributed by atoms with Crippen LogP contribution in [-0.4, -0.2) is 27.2 Å². The van der Waals surface area contributed by atoms with Crippen LogP contribution >= 0.6 is 0 Å². The molecular formula is C22H21NO4. The fraction of sp³-hybridized carbons (Fsp3) is 0.227. The fourth-order valence-electron chi connectivity index (χ4n) is 3.94. The van der Waals surface area contributed by atoms with Crippen LogP contribution in [-0.2, 0) is 4.79 Å². The summed E-state index contributed by atoms with van der Waals surface area (Å²) >= 11 is 0. The number of hydrogen-bond acceptors (Lipinski definition) is 4. The lowest BCUT2D eigenvalue weighted by Gasteiger charge is -2.30. The molecule has 4 rings (SSSR count). The van der Waals surface area contributed by atoms with Crippen LogP contribution in [0.2, 0.25) is 0 Å². The smallest absolute Gasteiger partial charge is 0.225 e. The van der Waals surface area contributed by atoms with E-state index in [1.165, 1.54) is 0 Å². The van der Waals surface area contributed by atoms with Crippen LogP contribution in [0.3, 0.4) is 0 Å². The van der Waals surface area contributed by atoms with Crippen molar-refractivity contribution >= 4 is 22.4 Å². The van der Waals surface area contributed by atoms with Crippen molar-refractivity contribution in [2.24, 2.45) is 0 Å². The van der Waals surface area contributed by atoms with Crippen molar-refractivity contribution in [1.29, 1.82) is 0 Å². The molecule has 1 aliphatic heterocycles. The Labute approximate surface area is 157 Å². The van der Waals surface area contributed by atoms with Gasteiger partial charge in [-0.1, -0.05) is 42.5 Å². The molecule has 1 unspecified atom stereocenters. The van der Waals surface area contributed by atoms with Gasteiger partial charge in [0.2, 0.25) is 11.7 Å². The Kier molecular flexibility index (Phi) is 4.36. The largest absolute Gasteiger partial charge is 0.493 e. The normalized spacial score (nSPS) is 15.8. The second-order valence-corrected chi connectivity index (χ2v) is 6.48. The van der Waals surface area contributed by atoms with Crippen molar-refractivity contribution in [3.05, 3.63) is 59.7 Å². The summed E-state index contributed by atoms with van der Waals surface area (Å²) in [6, 6.07) is 16.2. The van der Waals surface area contributed by atoms with E-state index in [-0.39, 0.29) is 11.8 Å².